The van der Waals surface area contributed by atoms with E-state index < -0.39 is 0 Å². The molecule has 1 aromatic rings. The molecule has 0 aromatic carbocycles. The molecule has 0 saturated carbocycles. The van der Waals surface area contributed by atoms with Crippen LogP contribution in [0.3, 0.4) is 0 Å². The molecule has 1 saturated heterocycles. The Morgan fingerprint density at radius 3 is 3.00 bits per heavy atom. The third-order valence-electron chi connectivity index (χ3n) is 3.77. The standard InChI is InChI=1S/C17H20N4O/c1-3-14(19-4-2)16-7-5-6-10-21(16)17(22)15-9-8-13(11-18)12-20-15/h3,8-9,12,16H,1,4-7,10H2,2H3. The van der Waals surface area contributed by atoms with Gasteiger partial charge >= 0.3 is 0 Å². The maximum absolute atomic E-state index is 12.7. The first kappa shape index (κ1) is 15.9. The minimum absolute atomic E-state index is 0.0313. The highest BCUT2D eigenvalue weighted by Crippen LogP contribution is 2.21. The molecule has 0 spiro atoms. The van der Waals surface area contributed by atoms with Crippen molar-refractivity contribution in [2.24, 2.45) is 4.99 Å². The molecular formula is C17H20N4O. The molecule has 0 radical (unpaired) electrons. The van der Waals surface area contributed by atoms with Crippen molar-refractivity contribution in [3.8, 4) is 6.07 Å². The van der Waals surface area contributed by atoms with Gasteiger partial charge < -0.3 is 4.90 Å². The summed E-state index contributed by atoms with van der Waals surface area (Å²) in [7, 11) is 0. The molecule has 1 aromatic heterocycles. The van der Waals surface area contributed by atoms with Crippen LogP contribution in [0.2, 0.25) is 0 Å². The van der Waals surface area contributed by atoms with Crippen LogP contribution in [0.4, 0.5) is 0 Å². The van der Waals surface area contributed by atoms with Crippen LogP contribution in [0.15, 0.2) is 36.0 Å². The van der Waals surface area contributed by atoms with E-state index in [-0.39, 0.29) is 11.9 Å². The lowest BCUT2D eigenvalue weighted by atomic mass is 9.97. The van der Waals surface area contributed by atoms with Crippen molar-refractivity contribution in [2.75, 3.05) is 13.1 Å². The highest BCUT2D eigenvalue weighted by molar-refractivity contribution is 6.03. The smallest absolute Gasteiger partial charge is 0.273 e. The minimum atomic E-state index is -0.111. The van der Waals surface area contributed by atoms with E-state index in [9.17, 15) is 4.79 Å². The van der Waals surface area contributed by atoms with E-state index in [1.807, 2.05) is 17.9 Å². The zero-order valence-electron chi connectivity index (χ0n) is 12.8. The van der Waals surface area contributed by atoms with Gasteiger partial charge in [0, 0.05) is 19.3 Å². The monoisotopic (exact) mass is 296 g/mol. The van der Waals surface area contributed by atoms with Gasteiger partial charge in [0.05, 0.1) is 17.3 Å². The number of carbonyl (C=O) groups is 1. The van der Waals surface area contributed by atoms with Crippen molar-refractivity contribution in [3.63, 3.8) is 0 Å². The molecule has 1 unspecified atom stereocenters. The Labute approximate surface area is 131 Å². The van der Waals surface area contributed by atoms with Crippen LogP contribution in [0.5, 0.6) is 0 Å². The molecule has 5 heteroatoms. The van der Waals surface area contributed by atoms with Gasteiger partial charge in [0.2, 0.25) is 0 Å². The van der Waals surface area contributed by atoms with Gasteiger partial charge in [0.25, 0.3) is 5.91 Å². The number of rotatable bonds is 4. The quantitative estimate of drug-likeness (QED) is 0.802. The molecule has 114 valence electrons. The Balaban J connectivity index is 2.26. The topological polar surface area (TPSA) is 69.3 Å². The lowest BCUT2D eigenvalue weighted by Gasteiger charge is -2.35. The number of piperidine rings is 1. The highest BCUT2D eigenvalue weighted by Gasteiger charge is 2.30. The van der Waals surface area contributed by atoms with Crippen molar-refractivity contribution >= 4 is 11.6 Å². The van der Waals surface area contributed by atoms with E-state index >= 15 is 0 Å². The number of nitrogens with zero attached hydrogens (tertiary/aromatic N) is 4. The van der Waals surface area contributed by atoms with E-state index in [0.717, 1.165) is 25.0 Å². The van der Waals surface area contributed by atoms with Crippen LogP contribution in [-0.4, -0.2) is 40.6 Å². The molecule has 1 fully saturated rings. The first-order valence-electron chi connectivity index (χ1n) is 7.55. The lowest BCUT2D eigenvalue weighted by Crippen LogP contribution is -2.47. The highest BCUT2D eigenvalue weighted by atomic mass is 16.2. The van der Waals surface area contributed by atoms with Crippen LogP contribution >= 0.6 is 0 Å². The summed E-state index contributed by atoms with van der Waals surface area (Å²) >= 11 is 0. The predicted molar refractivity (Wildman–Crippen MR) is 85.8 cm³/mol. The summed E-state index contributed by atoms with van der Waals surface area (Å²) < 4.78 is 0. The summed E-state index contributed by atoms with van der Waals surface area (Å²) in [5.41, 5.74) is 1.68. The molecule has 2 rings (SSSR count). The van der Waals surface area contributed by atoms with Gasteiger partial charge in [-0.15, -0.1) is 0 Å². The van der Waals surface area contributed by atoms with Gasteiger partial charge in [0.1, 0.15) is 11.8 Å². The second-order valence-electron chi connectivity index (χ2n) is 5.16. The number of nitriles is 1. The molecule has 0 aliphatic carbocycles. The number of hydrogen-bond donors (Lipinski definition) is 0. The Kier molecular flexibility index (Phi) is 5.42. The van der Waals surface area contributed by atoms with E-state index in [1.165, 1.54) is 6.20 Å². The fraction of sp³-hybridized carbons (Fsp3) is 0.412. The maximum Gasteiger partial charge on any atom is 0.273 e. The first-order valence-corrected chi connectivity index (χ1v) is 7.55. The minimum Gasteiger partial charge on any atom is -0.329 e. The fourth-order valence-corrected chi connectivity index (χ4v) is 2.70. The number of pyridine rings is 1. The lowest BCUT2D eigenvalue weighted by molar-refractivity contribution is 0.0675. The molecule has 1 amide bonds. The summed E-state index contributed by atoms with van der Waals surface area (Å²) in [5, 5.41) is 8.81. The number of likely N-dealkylation sites (tertiary alicyclic amines) is 1. The van der Waals surface area contributed by atoms with Crippen LogP contribution in [0.25, 0.3) is 0 Å². The number of aliphatic imine (C=N–C) groups is 1. The predicted octanol–water partition coefficient (Wildman–Crippen LogP) is 2.59. The molecule has 5 nitrogen and oxygen atoms in total. The van der Waals surface area contributed by atoms with E-state index in [2.05, 4.69) is 16.6 Å². The molecule has 1 aliphatic rings. The van der Waals surface area contributed by atoms with Crippen molar-refractivity contribution in [2.45, 2.75) is 32.2 Å². The van der Waals surface area contributed by atoms with Gasteiger partial charge in [-0.25, -0.2) is 4.98 Å². The average molecular weight is 296 g/mol. The largest absolute Gasteiger partial charge is 0.329 e. The summed E-state index contributed by atoms with van der Waals surface area (Å²) in [6, 6.07) is 5.20. The fourth-order valence-electron chi connectivity index (χ4n) is 2.70. The number of aromatic nitrogens is 1. The van der Waals surface area contributed by atoms with Gasteiger partial charge in [-0.1, -0.05) is 6.58 Å². The molecule has 2 heterocycles. The van der Waals surface area contributed by atoms with E-state index in [1.54, 1.807) is 18.2 Å². The Morgan fingerprint density at radius 1 is 1.59 bits per heavy atom. The second kappa shape index (κ2) is 7.51. The van der Waals surface area contributed by atoms with Crippen LogP contribution in [0.1, 0.15) is 42.2 Å². The number of hydrogen-bond acceptors (Lipinski definition) is 4. The van der Waals surface area contributed by atoms with Crippen LogP contribution in [0, 0.1) is 11.3 Å². The summed E-state index contributed by atoms with van der Waals surface area (Å²) in [4.78, 5) is 23.1. The van der Waals surface area contributed by atoms with Crippen LogP contribution < -0.4 is 0 Å². The summed E-state index contributed by atoms with van der Waals surface area (Å²) in [6.45, 7) is 7.17. The summed E-state index contributed by atoms with van der Waals surface area (Å²) in [6.07, 6.45) is 6.13. The van der Waals surface area contributed by atoms with E-state index in [0.29, 0.717) is 24.3 Å². The van der Waals surface area contributed by atoms with E-state index in [4.69, 9.17) is 5.26 Å². The number of amides is 1. The molecule has 0 bridgehead atoms. The SMILES string of the molecule is C=CC(=NCC)C1CCCCN1C(=O)c1ccc(C#N)cn1. The Hall–Kier alpha value is -2.48. The third kappa shape index (κ3) is 3.40. The van der Waals surface area contributed by atoms with Crippen molar-refractivity contribution in [1.82, 2.24) is 9.88 Å². The molecule has 0 N–H and O–H groups in total. The molecule has 1 atom stereocenters. The molecule has 22 heavy (non-hydrogen) atoms. The van der Waals surface area contributed by atoms with Crippen molar-refractivity contribution < 1.29 is 4.79 Å². The zero-order chi connectivity index (χ0) is 15.9. The van der Waals surface area contributed by atoms with Crippen molar-refractivity contribution in [3.05, 3.63) is 42.2 Å². The Bertz CT molecular complexity index is 613. The maximum atomic E-state index is 12.7. The molecule has 1 aliphatic heterocycles. The molecular weight excluding hydrogens is 276 g/mol. The van der Waals surface area contributed by atoms with Gasteiger partial charge in [-0.2, -0.15) is 5.26 Å². The first-order chi connectivity index (χ1) is 10.7. The van der Waals surface area contributed by atoms with Gasteiger partial charge in [-0.05, 0) is 44.4 Å². The van der Waals surface area contributed by atoms with Crippen molar-refractivity contribution in [1.29, 1.82) is 5.26 Å². The number of carbonyl (C=O) groups excluding carboxylic acids is 1. The van der Waals surface area contributed by atoms with Crippen LogP contribution in [-0.2, 0) is 0 Å². The third-order valence-corrected chi connectivity index (χ3v) is 3.77. The second-order valence-corrected chi connectivity index (χ2v) is 5.16. The van der Waals surface area contributed by atoms with Gasteiger partial charge in [0.15, 0.2) is 0 Å². The average Bonchev–Trinajstić information content (AvgIpc) is 2.59. The Morgan fingerprint density at radius 2 is 2.41 bits per heavy atom. The normalized spacial score (nSPS) is 18.6. The summed E-state index contributed by atoms with van der Waals surface area (Å²) in [5.74, 6) is -0.111. The van der Waals surface area contributed by atoms with Gasteiger partial charge in [-0.3, -0.25) is 9.79 Å². The zero-order valence-corrected chi connectivity index (χ0v) is 12.8.